The van der Waals surface area contributed by atoms with E-state index in [0.29, 0.717) is 24.9 Å². The highest BCUT2D eigenvalue weighted by molar-refractivity contribution is 7.92. The van der Waals surface area contributed by atoms with Crippen LogP contribution in [0.15, 0.2) is 29.3 Å². The lowest BCUT2D eigenvalue weighted by molar-refractivity contribution is 0.352. The molecule has 0 spiro atoms. The van der Waals surface area contributed by atoms with Crippen LogP contribution in [0, 0.1) is 11.8 Å². The van der Waals surface area contributed by atoms with E-state index in [1.165, 1.54) is 24.0 Å². The topological polar surface area (TPSA) is 61.8 Å². The summed E-state index contributed by atoms with van der Waals surface area (Å²) in [4.78, 5) is 6.52. The molecule has 1 heterocycles. The molecule has 0 radical (unpaired) electrons. The molecule has 5 nitrogen and oxygen atoms in total. The van der Waals surface area contributed by atoms with E-state index in [2.05, 4.69) is 39.5 Å². The third kappa shape index (κ3) is 2.92. The number of guanidine groups is 1. The Balaban J connectivity index is 1.40. The summed E-state index contributed by atoms with van der Waals surface area (Å²) in [5.74, 6) is 3.17. The van der Waals surface area contributed by atoms with Crippen LogP contribution in [0.25, 0.3) is 0 Å². The highest BCUT2D eigenvalue weighted by Gasteiger charge is 2.52. The molecule has 1 N–H and O–H groups in total. The van der Waals surface area contributed by atoms with Crippen molar-refractivity contribution in [3.63, 3.8) is 0 Å². The van der Waals surface area contributed by atoms with Crippen molar-refractivity contribution in [3.8, 4) is 0 Å². The number of hydrogen-bond acceptors (Lipinski definition) is 3. The molecule has 1 aliphatic heterocycles. The zero-order valence-corrected chi connectivity index (χ0v) is 16.7. The first-order valence-corrected chi connectivity index (χ1v) is 11.2. The average Bonchev–Trinajstić information content (AvgIpc) is 3.32. The molecule has 26 heavy (non-hydrogen) atoms. The number of hydrogen-bond donors (Lipinski definition) is 1. The number of nitrogens with one attached hydrogen (secondary N) is 1. The van der Waals surface area contributed by atoms with Crippen molar-refractivity contribution in [1.29, 1.82) is 0 Å². The molecule has 0 aromatic heterocycles. The van der Waals surface area contributed by atoms with Crippen molar-refractivity contribution >= 4 is 15.8 Å². The van der Waals surface area contributed by atoms with Gasteiger partial charge in [0, 0.05) is 26.7 Å². The number of aryl methyl sites for hydroxylation is 1. The van der Waals surface area contributed by atoms with Crippen LogP contribution >= 0.6 is 0 Å². The third-order valence-electron chi connectivity index (χ3n) is 6.54. The van der Waals surface area contributed by atoms with E-state index < -0.39 is 14.6 Å². The predicted molar refractivity (Wildman–Crippen MR) is 105 cm³/mol. The molecule has 2 fully saturated rings. The monoisotopic (exact) mass is 375 g/mol. The van der Waals surface area contributed by atoms with Gasteiger partial charge in [0.25, 0.3) is 0 Å². The summed E-state index contributed by atoms with van der Waals surface area (Å²) in [5, 5.41) is 3.53. The van der Waals surface area contributed by atoms with Gasteiger partial charge in [0.1, 0.15) is 0 Å². The molecule has 2 aliphatic carbocycles. The highest BCUT2D eigenvalue weighted by atomic mass is 32.2. The van der Waals surface area contributed by atoms with Crippen LogP contribution in [0.2, 0.25) is 0 Å². The lowest BCUT2D eigenvalue weighted by atomic mass is 9.92. The summed E-state index contributed by atoms with van der Waals surface area (Å²) in [6.45, 7) is 5.56. The molecule has 3 aliphatic rings. The van der Waals surface area contributed by atoms with Gasteiger partial charge >= 0.3 is 0 Å². The number of fused-ring (bicyclic) bond motifs is 3. The standard InChI is InChI=1S/C20H29N3O2S/c1-20(2)13-23(10-11-26(20,24)25)19(21-3)22-12-17-16-9-8-14-6-4-5-7-15(14)18(16)17/h4-7,16-18H,8-13H2,1-3H3,(H,21,22). The zero-order valence-electron chi connectivity index (χ0n) is 15.9. The molecule has 6 heteroatoms. The van der Waals surface area contributed by atoms with Gasteiger partial charge in [-0.3, -0.25) is 4.99 Å². The minimum absolute atomic E-state index is 0.197. The lowest BCUT2D eigenvalue weighted by Gasteiger charge is -2.39. The second-order valence-corrected chi connectivity index (χ2v) is 11.3. The SMILES string of the molecule is CN=C(NCC1C2CCc3ccccc3C21)N1CCS(=O)(=O)C(C)(C)C1. The van der Waals surface area contributed by atoms with Gasteiger partial charge in [-0.1, -0.05) is 24.3 Å². The van der Waals surface area contributed by atoms with E-state index in [-0.39, 0.29) is 5.75 Å². The Morgan fingerprint density at radius 2 is 2.12 bits per heavy atom. The van der Waals surface area contributed by atoms with Gasteiger partial charge in [-0.2, -0.15) is 0 Å². The summed E-state index contributed by atoms with van der Waals surface area (Å²) >= 11 is 0. The van der Waals surface area contributed by atoms with Crippen molar-refractivity contribution < 1.29 is 8.42 Å². The van der Waals surface area contributed by atoms with E-state index in [0.717, 1.165) is 18.4 Å². The van der Waals surface area contributed by atoms with E-state index in [1.54, 1.807) is 7.05 Å². The van der Waals surface area contributed by atoms with Crippen LogP contribution in [0.3, 0.4) is 0 Å². The number of sulfone groups is 1. The van der Waals surface area contributed by atoms with Crippen molar-refractivity contribution in [3.05, 3.63) is 35.4 Å². The van der Waals surface area contributed by atoms with Gasteiger partial charge in [0.15, 0.2) is 15.8 Å². The van der Waals surface area contributed by atoms with Crippen molar-refractivity contribution in [2.24, 2.45) is 16.8 Å². The molecule has 3 atom stereocenters. The molecular weight excluding hydrogens is 346 g/mol. The van der Waals surface area contributed by atoms with E-state index in [4.69, 9.17) is 0 Å². The second kappa shape index (κ2) is 6.25. The fraction of sp³-hybridized carbons (Fsp3) is 0.650. The number of rotatable bonds is 2. The molecule has 3 unspecified atom stereocenters. The number of nitrogens with zero attached hydrogens (tertiary/aromatic N) is 2. The Labute approximate surface area is 156 Å². The smallest absolute Gasteiger partial charge is 0.193 e. The maximum Gasteiger partial charge on any atom is 0.193 e. The summed E-state index contributed by atoms with van der Waals surface area (Å²) in [6.07, 6.45) is 2.47. The first-order valence-electron chi connectivity index (χ1n) is 9.60. The Hall–Kier alpha value is -1.56. The molecule has 1 aromatic rings. The van der Waals surface area contributed by atoms with E-state index in [9.17, 15) is 8.42 Å². The van der Waals surface area contributed by atoms with Crippen LogP contribution < -0.4 is 5.32 Å². The Morgan fingerprint density at radius 3 is 2.85 bits per heavy atom. The van der Waals surface area contributed by atoms with Gasteiger partial charge < -0.3 is 10.2 Å². The molecule has 1 saturated carbocycles. The summed E-state index contributed by atoms with van der Waals surface area (Å²) in [6, 6.07) is 8.85. The third-order valence-corrected chi connectivity index (χ3v) is 9.08. The first-order chi connectivity index (χ1) is 12.3. The zero-order chi connectivity index (χ0) is 18.5. The summed E-state index contributed by atoms with van der Waals surface area (Å²) < 4.78 is 23.7. The number of aliphatic imine (C=N–C) groups is 1. The maximum atomic E-state index is 12.2. The molecule has 1 saturated heterocycles. The van der Waals surface area contributed by atoms with Crippen molar-refractivity contribution in [2.75, 3.05) is 32.4 Å². The normalized spacial score (nSPS) is 31.7. The van der Waals surface area contributed by atoms with E-state index >= 15 is 0 Å². The average molecular weight is 376 g/mol. The molecular formula is C20H29N3O2S. The largest absolute Gasteiger partial charge is 0.356 e. The first kappa shape index (κ1) is 17.8. The molecule has 142 valence electrons. The Morgan fingerprint density at radius 1 is 1.35 bits per heavy atom. The van der Waals surface area contributed by atoms with Crippen LogP contribution in [-0.4, -0.2) is 56.5 Å². The van der Waals surface area contributed by atoms with Gasteiger partial charge in [0.2, 0.25) is 0 Å². The Bertz CT molecular complexity index is 831. The minimum atomic E-state index is -3.03. The van der Waals surface area contributed by atoms with Crippen molar-refractivity contribution in [2.45, 2.75) is 37.4 Å². The second-order valence-electron chi connectivity index (χ2n) is 8.52. The van der Waals surface area contributed by atoms with Gasteiger partial charge in [-0.25, -0.2) is 8.42 Å². The Kier molecular flexibility index (Phi) is 4.29. The fourth-order valence-electron chi connectivity index (χ4n) is 4.85. The molecule has 1 aromatic carbocycles. The van der Waals surface area contributed by atoms with E-state index in [1.807, 2.05) is 13.8 Å². The lowest BCUT2D eigenvalue weighted by Crippen LogP contribution is -2.57. The maximum absolute atomic E-state index is 12.2. The van der Waals surface area contributed by atoms with Crippen LogP contribution in [0.5, 0.6) is 0 Å². The number of benzene rings is 1. The summed E-state index contributed by atoms with van der Waals surface area (Å²) in [5.41, 5.74) is 3.05. The summed E-state index contributed by atoms with van der Waals surface area (Å²) in [7, 11) is -1.24. The van der Waals surface area contributed by atoms with Crippen LogP contribution in [0.1, 0.15) is 37.3 Å². The molecule has 0 bridgehead atoms. The quantitative estimate of drug-likeness (QED) is 0.635. The molecule has 4 rings (SSSR count). The highest BCUT2D eigenvalue weighted by Crippen LogP contribution is 2.59. The van der Waals surface area contributed by atoms with Gasteiger partial charge in [0.05, 0.1) is 10.5 Å². The van der Waals surface area contributed by atoms with Crippen LogP contribution in [0.4, 0.5) is 0 Å². The van der Waals surface area contributed by atoms with Crippen LogP contribution in [-0.2, 0) is 16.3 Å². The fourth-order valence-corrected chi connectivity index (χ4v) is 6.22. The van der Waals surface area contributed by atoms with Gasteiger partial charge in [-0.15, -0.1) is 0 Å². The minimum Gasteiger partial charge on any atom is -0.356 e. The van der Waals surface area contributed by atoms with Gasteiger partial charge in [-0.05, 0) is 55.6 Å². The van der Waals surface area contributed by atoms with Crippen molar-refractivity contribution in [1.82, 2.24) is 10.2 Å². The predicted octanol–water partition coefficient (Wildman–Crippen LogP) is 2.05. The molecule has 0 amide bonds.